The van der Waals surface area contributed by atoms with Crippen LogP contribution in [0.3, 0.4) is 0 Å². The summed E-state index contributed by atoms with van der Waals surface area (Å²) in [6, 6.07) is 4.44. The van der Waals surface area contributed by atoms with E-state index in [9.17, 15) is 32.7 Å². The van der Waals surface area contributed by atoms with Crippen molar-refractivity contribution in [2.24, 2.45) is 0 Å². The highest BCUT2D eigenvalue weighted by Crippen LogP contribution is 2.38. The second-order valence-electron chi connectivity index (χ2n) is 6.82. The first kappa shape index (κ1) is 22.9. The summed E-state index contributed by atoms with van der Waals surface area (Å²) in [5, 5.41) is 20.5. The van der Waals surface area contributed by atoms with E-state index in [0.29, 0.717) is 0 Å². The number of thiophene rings is 1. The number of anilines is 3. The number of phenolic OH excluding ortho intramolecular Hbond substituents is 1. The van der Waals surface area contributed by atoms with E-state index in [4.69, 9.17) is 0 Å². The highest BCUT2D eigenvalue weighted by atomic mass is 32.1. The van der Waals surface area contributed by atoms with Crippen molar-refractivity contribution in [2.45, 2.75) is 12.2 Å². The first-order valence-corrected chi connectivity index (χ1v) is 9.91. The summed E-state index contributed by atoms with van der Waals surface area (Å²) in [6.07, 6.45) is -4.78. The number of benzene rings is 1. The van der Waals surface area contributed by atoms with Crippen molar-refractivity contribution < 1.29 is 23.1 Å². The maximum Gasteiger partial charge on any atom is 0.413 e. The smallest absolute Gasteiger partial charge is 0.413 e. The van der Waals surface area contributed by atoms with Crippen molar-refractivity contribution in [2.75, 3.05) is 24.7 Å². The maximum absolute atomic E-state index is 13.7. The number of amides is 1. The van der Waals surface area contributed by atoms with Crippen LogP contribution in [0.1, 0.15) is 21.3 Å². The molecule has 0 aliphatic heterocycles. The second-order valence-corrected chi connectivity index (χ2v) is 7.80. The zero-order valence-electron chi connectivity index (χ0n) is 16.7. The fraction of sp³-hybridized carbons (Fsp3) is 0.211. The minimum atomic E-state index is -4.78. The quantitative estimate of drug-likeness (QED) is 0.353. The summed E-state index contributed by atoms with van der Waals surface area (Å²) in [6.45, 7) is 0. The molecular formula is C19H18F3N5O4S. The fourth-order valence-electron chi connectivity index (χ4n) is 2.83. The lowest BCUT2D eigenvalue weighted by molar-refractivity contribution is -0.143. The molecule has 13 heteroatoms. The average Bonchev–Trinajstić information content (AvgIpc) is 3.24. The van der Waals surface area contributed by atoms with Crippen LogP contribution in [0.4, 0.5) is 30.2 Å². The van der Waals surface area contributed by atoms with Crippen LogP contribution in [-0.2, 0) is 0 Å². The van der Waals surface area contributed by atoms with Crippen molar-refractivity contribution in [3.8, 4) is 5.75 Å². The Morgan fingerprint density at radius 2 is 1.75 bits per heavy atom. The molecule has 0 saturated carbocycles. The third-order valence-corrected chi connectivity index (χ3v) is 5.31. The van der Waals surface area contributed by atoms with Gasteiger partial charge in [0.15, 0.2) is 11.8 Å². The van der Waals surface area contributed by atoms with E-state index < -0.39 is 46.4 Å². The highest BCUT2D eigenvalue weighted by Gasteiger charge is 2.42. The molecule has 0 spiro atoms. The Bertz CT molecular complexity index is 1230. The standard InChI is InChI=1S/C19H18F3N5O4S/c1-27(2)18(31)9-5-3-6-10(14(9)28)23-12-13(17(30)26-25-16(12)29)24-15(19(20,21)22)11-7-4-8-32-11/h3-8,15,28H,1-2H3,(H2,23,26,30)(H2,24,25,29)/t15-/m0/s1. The maximum atomic E-state index is 13.7. The highest BCUT2D eigenvalue weighted by molar-refractivity contribution is 7.10. The molecule has 2 heterocycles. The number of aromatic amines is 2. The SMILES string of the molecule is CN(C)C(=O)c1cccc(Nc2c(N[C@@H](c3cccs3)C(F)(F)F)c(=O)[nH][nH]c2=O)c1O. The molecule has 0 bridgehead atoms. The molecule has 0 unspecified atom stereocenters. The van der Waals surface area contributed by atoms with Crippen molar-refractivity contribution in [1.82, 2.24) is 15.1 Å². The number of H-pyrrole nitrogens is 2. The first-order chi connectivity index (χ1) is 15.0. The van der Waals surface area contributed by atoms with Crippen LogP contribution in [0.5, 0.6) is 5.75 Å². The minimum Gasteiger partial charge on any atom is -0.505 e. The van der Waals surface area contributed by atoms with E-state index in [1.165, 1.54) is 54.7 Å². The third kappa shape index (κ3) is 4.61. The molecule has 0 radical (unpaired) electrons. The summed E-state index contributed by atoms with van der Waals surface area (Å²) < 4.78 is 41.1. The molecule has 3 rings (SSSR count). The molecule has 1 atom stereocenters. The predicted molar refractivity (Wildman–Crippen MR) is 114 cm³/mol. The van der Waals surface area contributed by atoms with Crippen molar-refractivity contribution in [1.29, 1.82) is 0 Å². The Morgan fingerprint density at radius 3 is 2.31 bits per heavy atom. The number of carbonyl (C=O) groups excluding carboxylic acids is 1. The Labute approximate surface area is 182 Å². The molecule has 0 saturated heterocycles. The molecule has 0 aliphatic carbocycles. The van der Waals surface area contributed by atoms with E-state index in [1.807, 2.05) is 10.2 Å². The summed E-state index contributed by atoms with van der Waals surface area (Å²) >= 11 is 0.824. The van der Waals surface area contributed by atoms with Crippen LogP contribution in [0.2, 0.25) is 0 Å². The van der Waals surface area contributed by atoms with Gasteiger partial charge in [0, 0.05) is 19.0 Å². The monoisotopic (exact) mass is 469 g/mol. The van der Waals surface area contributed by atoms with Gasteiger partial charge in [-0.05, 0) is 23.6 Å². The van der Waals surface area contributed by atoms with Crippen LogP contribution in [-0.4, -0.2) is 46.4 Å². The number of nitrogens with one attached hydrogen (secondary N) is 4. The molecular weight excluding hydrogens is 451 g/mol. The van der Waals surface area contributed by atoms with Gasteiger partial charge in [0.25, 0.3) is 17.0 Å². The topological polar surface area (TPSA) is 130 Å². The van der Waals surface area contributed by atoms with Gasteiger partial charge in [0.2, 0.25) is 0 Å². The zero-order valence-corrected chi connectivity index (χ0v) is 17.5. The van der Waals surface area contributed by atoms with Crippen LogP contribution in [0, 0.1) is 0 Å². The summed E-state index contributed by atoms with van der Waals surface area (Å²) in [5.41, 5.74) is -3.50. The van der Waals surface area contributed by atoms with Gasteiger partial charge in [0.1, 0.15) is 11.4 Å². The number of alkyl halides is 3. The number of hydrogen-bond donors (Lipinski definition) is 5. The molecule has 5 N–H and O–H groups in total. The Morgan fingerprint density at radius 1 is 1.09 bits per heavy atom. The predicted octanol–water partition coefficient (Wildman–Crippen LogP) is 2.99. The molecule has 1 aromatic carbocycles. The minimum absolute atomic E-state index is 0.109. The molecule has 2 aromatic heterocycles. The lowest BCUT2D eigenvalue weighted by atomic mass is 10.1. The van der Waals surface area contributed by atoms with Gasteiger partial charge in [-0.2, -0.15) is 13.2 Å². The van der Waals surface area contributed by atoms with Crippen LogP contribution in [0.15, 0.2) is 45.3 Å². The molecule has 9 nitrogen and oxygen atoms in total. The summed E-state index contributed by atoms with van der Waals surface area (Å²) in [5.74, 6) is -1.08. The summed E-state index contributed by atoms with van der Waals surface area (Å²) in [4.78, 5) is 38.1. The number of nitrogens with zero attached hydrogens (tertiary/aromatic N) is 1. The average molecular weight is 469 g/mol. The number of phenols is 1. The number of carbonyl (C=O) groups is 1. The Balaban J connectivity index is 2.08. The molecule has 170 valence electrons. The van der Waals surface area contributed by atoms with E-state index in [1.54, 1.807) is 0 Å². The van der Waals surface area contributed by atoms with Crippen LogP contribution in [0.25, 0.3) is 0 Å². The molecule has 32 heavy (non-hydrogen) atoms. The van der Waals surface area contributed by atoms with Crippen molar-refractivity contribution in [3.05, 3.63) is 66.9 Å². The number of halogens is 3. The normalized spacial score (nSPS) is 12.3. The largest absolute Gasteiger partial charge is 0.505 e. The van der Waals surface area contributed by atoms with Gasteiger partial charge < -0.3 is 20.6 Å². The van der Waals surface area contributed by atoms with E-state index in [-0.39, 0.29) is 16.1 Å². The van der Waals surface area contributed by atoms with Crippen LogP contribution >= 0.6 is 11.3 Å². The second kappa shape index (κ2) is 8.78. The molecule has 0 fully saturated rings. The molecule has 1 amide bonds. The number of para-hydroxylation sites is 1. The van der Waals surface area contributed by atoms with Gasteiger partial charge in [-0.3, -0.25) is 24.6 Å². The number of aromatic nitrogens is 2. The number of hydrogen-bond acceptors (Lipinski definition) is 7. The Kier molecular flexibility index (Phi) is 6.30. The third-order valence-electron chi connectivity index (χ3n) is 4.37. The molecule has 0 aliphatic rings. The Hall–Kier alpha value is -3.74. The van der Waals surface area contributed by atoms with Gasteiger partial charge in [-0.25, -0.2) is 0 Å². The zero-order chi connectivity index (χ0) is 23.6. The van der Waals surface area contributed by atoms with E-state index in [0.717, 1.165) is 11.3 Å². The van der Waals surface area contributed by atoms with Crippen molar-refractivity contribution >= 4 is 34.3 Å². The summed E-state index contributed by atoms with van der Waals surface area (Å²) in [7, 11) is 2.93. The van der Waals surface area contributed by atoms with Gasteiger partial charge in [-0.15, -0.1) is 11.3 Å². The first-order valence-electron chi connectivity index (χ1n) is 9.03. The van der Waals surface area contributed by atoms with Gasteiger partial charge in [-0.1, -0.05) is 12.1 Å². The fourth-order valence-corrected chi connectivity index (χ4v) is 3.63. The molecule has 3 aromatic rings. The van der Waals surface area contributed by atoms with E-state index >= 15 is 0 Å². The van der Waals surface area contributed by atoms with E-state index in [2.05, 4.69) is 10.6 Å². The number of aromatic hydroxyl groups is 1. The van der Waals surface area contributed by atoms with Gasteiger partial charge in [0.05, 0.1) is 11.3 Å². The van der Waals surface area contributed by atoms with Crippen molar-refractivity contribution in [3.63, 3.8) is 0 Å². The van der Waals surface area contributed by atoms with Crippen LogP contribution < -0.4 is 21.8 Å². The number of rotatable bonds is 6. The van der Waals surface area contributed by atoms with Gasteiger partial charge >= 0.3 is 6.18 Å². The lowest BCUT2D eigenvalue weighted by Crippen LogP contribution is -2.32. The lowest BCUT2D eigenvalue weighted by Gasteiger charge is -2.22.